The van der Waals surface area contributed by atoms with Crippen LogP contribution in [0.5, 0.6) is 5.75 Å². The summed E-state index contributed by atoms with van der Waals surface area (Å²) < 4.78 is 10.3. The standard InChI is InChI=1S/C13H11NO4/c1-3-11(18-8(2)15)9-5-4-6-10-13(9)17-7-12(16)14-10/h1,4-6,11H,7H2,2H3,(H,14,16). The second kappa shape index (κ2) is 4.80. The van der Waals surface area contributed by atoms with Crippen molar-refractivity contribution in [3.05, 3.63) is 23.8 Å². The molecule has 0 bridgehead atoms. The molecule has 18 heavy (non-hydrogen) atoms. The number of carbonyl (C=O) groups is 2. The van der Waals surface area contributed by atoms with Crippen molar-refractivity contribution in [2.75, 3.05) is 11.9 Å². The first-order valence-corrected chi connectivity index (χ1v) is 5.30. The lowest BCUT2D eigenvalue weighted by Crippen LogP contribution is -2.26. The van der Waals surface area contributed by atoms with Gasteiger partial charge in [-0.25, -0.2) is 0 Å². The Labute approximate surface area is 104 Å². The summed E-state index contributed by atoms with van der Waals surface area (Å²) in [6.45, 7) is 1.20. The number of benzene rings is 1. The molecule has 0 fully saturated rings. The van der Waals surface area contributed by atoms with Gasteiger partial charge in [0.15, 0.2) is 18.5 Å². The highest BCUT2D eigenvalue weighted by atomic mass is 16.5. The zero-order chi connectivity index (χ0) is 13.1. The number of anilines is 1. The molecule has 1 atom stereocenters. The van der Waals surface area contributed by atoms with E-state index in [1.165, 1.54) is 6.92 Å². The van der Waals surface area contributed by atoms with Crippen LogP contribution in [-0.2, 0) is 14.3 Å². The third kappa shape index (κ3) is 2.28. The van der Waals surface area contributed by atoms with Crippen LogP contribution in [0.1, 0.15) is 18.6 Å². The summed E-state index contributed by atoms with van der Waals surface area (Å²) in [5.74, 6) is 2.11. The number of para-hydroxylation sites is 1. The molecule has 0 aromatic heterocycles. The minimum absolute atomic E-state index is 0.0820. The van der Waals surface area contributed by atoms with Gasteiger partial charge >= 0.3 is 5.97 Å². The van der Waals surface area contributed by atoms with Crippen molar-refractivity contribution in [2.24, 2.45) is 0 Å². The van der Waals surface area contributed by atoms with Crippen molar-refractivity contribution in [1.82, 2.24) is 0 Å². The zero-order valence-electron chi connectivity index (χ0n) is 9.73. The number of rotatable bonds is 2. The summed E-state index contributed by atoms with van der Waals surface area (Å²) in [6.07, 6.45) is 4.52. The lowest BCUT2D eigenvalue weighted by molar-refractivity contribution is -0.144. The second-order valence-corrected chi connectivity index (χ2v) is 3.72. The van der Waals surface area contributed by atoms with E-state index in [-0.39, 0.29) is 12.5 Å². The molecule has 1 aromatic carbocycles. The molecule has 5 nitrogen and oxygen atoms in total. The molecule has 0 saturated carbocycles. The molecular formula is C13H11NO4. The lowest BCUT2D eigenvalue weighted by Gasteiger charge is -2.22. The number of hydrogen-bond donors (Lipinski definition) is 1. The molecule has 92 valence electrons. The average Bonchev–Trinajstić information content (AvgIpc) is 2.34. The number of carbonyl (C=O) groups excluding carboxylic acids is 2. The number of ether oxygens (including phenoxy) is 2. The fourth-order valence-electron chi connectivity index (χ4n) is 1.70. The highest BCUT2D eigenvalue weighted by molar-refractivity contribution is 5.95. The number of terminal acetylenes is 1. The van der Waals surface area contributed by atoms with Gasteiger partial charge in [-0.15, -0.1) is 6.42 Å². The molecule has 2 rings (SSSR count). The maximum absolute atomic E-state index is 11.2. The second-order valence-electron chi connectivity index (χ2n) is 3.72. The molecule has 1 aliphatic rings. The summed E-state index contributed by atoms with van der Waals surface area (Å²) in [5.41, 5.74) is 1.07. The number of hydrogen-bond acceptors (Lipinski definition) is 4. The maximum Gasteiger partial charge on any atom is 0.304 e. The van der Waals surface area contributed by atoms with Crippen molar-refractivity contribution in [1.29, 1.82) is 0 Å². The summed E-state index contributed by atoms with van der Waals surface area (Å²) in [4.78, 5) is 22.2. The third-order valence-electron chi connectivity index (χ3n) is 2.38. The van der Waals surface area contributed by atoms with E-state index in [0.29, 0.717) is 17.0 Å². The Morgan fingerprint density at radius 2 is 2.39 bits per heavy atom. The molecule has 1 amide bonds. The lowest BCUT2D eigenvalue weighted by atomic mass is 10.1. The first-order valence-electron chi connectivity index (χ1n) is 5.30. The van der Waals surface area contributed by atoms with Gasteiger partial charge in [0.25, 0.3) is 5.91 Å². The van der Waals surface area contributed by atoms with Crippen LogP contribution in [0.2, 0.25) is 0 Å². The number of nitrogens with one attached hydrogen (secondary N) is 1. The molecule has 1 aliphatic heterocycles. The third-order valence-corrected chi connectivity index (χ3v) is 2.38. The average molecular weight is 245 g/mol. The van der Waals surface area contributed by atoms with Crippen LogP contribution in [0.3, 0.4) is 0 Å². The predicted octanol–water partition coefficient (Wildman–Crippen LogP) is 1.25. The van der Waals surface area contributed by atoms with Gasteiger partial charge in [-0.1, -0.05) is 18.1 Å². The van der Waals surface area contributed by atoms with Crippen molar-refractivity contribution in [2.45, 2.75) is 13.0 Å². The number of amides is 1. The van der Waals surface area contributed by atoms with E-state index < -0.39 is 12.1 Å². The Bertz CT molecular complexity index is 544. The molecule has 1 unspecified atom stereocenters. The van der Waals surface area contributed by atoms with E-state index >= 15 is 0 Å². The largest absolute Gasteiger partial charge is 0.481 e. The minimum atomic E-state index is -0.826. The van der Waals surface area contributed by atoms with Gasteiger partial charge in [0.05, 0.1) is 5.69 Å². The topological polar surface area (TPSA) is 64.6 Å². The van der Waals surface area contributed by atoms with Crippen LogP contribution in [0, 0.1) is 12.3 Å². The summed E-state index contributed by atoms with van der Waals surface area (Å²) >= 11 is 0. The Morgan fingerprint density at radius 1 is 1.61 bits per heavy atom. The van der Waals surface area contributed by atoms with Crippen LogP contribution < -0.4 is 10.1 Å². The fraction of sp³-hybridized carbons (Fsp3) is 0.231. The van der Waals surface area contributed by atoms with Crippen molar-refractivity contribution >= 4 is 17.6 Å². The number of esters is 1. The Hall–Kier alpha value is -2.48. The van der Waals surface area contributed by atoms with Crippen molar-refractivity contribution < 1.29 is 19.1 Å². The fourth-order valence-corrected chi connectivity index (χ4v) is 1.70. The normalized spacial score (nSPS) is 14.6. The van der Waals surface area contributed by atoms with E-state index in [2.05, 4.69) is 11.2 Å². The molecule has 0 aliphatic carbocycles. The van der Waals surface area contributed by atoms with Gasteiger partial charge in [-0.3, -0.25) is 9.59 Å². The molecule has 1 heterocycles. The van der Waals surface area contributed by atoms with Gasteiger partial charge in [-0.05, 0) is 6.07 Å². The first kappa shape index (κ1) is 12.0. The Kier molecular flexibility index (Phi) is 3.20. The molecule has 0 saturated heterocycles. The van der Waals surface area contributed by atoms with Crippen LogP contribution in [0.15, 0.2) is 18.2 Å². The van der Waals surface area contributed by atoms with E-state index in [1.54, 1.807) is 18.2 Å². The smallest absolute Gasteiger partial charge is 0.304 e. The molecule has 1 aromatic rings. The zero-order valence-corrected chi connectivity index (χ0v) is 9.73. The number of fused-ring (bicyclic) bond motifs is 1. The Morgan fingerprint density at radius 3 is 3.06 bits per heavy atom. The Balaban J connectivity index is 2.39. The van der Waals surface area contributed by atoms with Crippen LogP contribution in [-0.4, -0.2) is 18.5 Å². The monoisotopic (exact) mass is 245 g/mol. The van der Waals surface area contributed by atoms with Gasteiger partial charge in [0, 0.05) is 12.5 Å². The summed E-state index contributed by atoms with van der Waals surface area (Å²) in [5, 5.41) is 2.66. The van der Waals surface area contributed by atoms with E-state index in [0.717, 1.165) is 0 Å². The quantitative estimate of drug-likeness (QED) is 0.629. The van der Waals surface area contributed by atoms with E-state index in [4.69, 9.17) is 15.9 Å². The SMILES string of the molecule is C#CC(OC(C)=O)c1cccc2c1OCC(=O)N2. The first-order chi connectivity index (χ1) is 8.61. The van der Waals surface area contributed by atoms with Gasteiger partial charge in [-0.2, -0.15) is 0 Å². The molecule has 0 spiro atoms. The molecule has 0 radical (unpaired) electrons. The van der Waals surface area contributed by atoms with E-state index in [1.807, 2.05) is 0 Å². The minimum Gasteiger partial charge on any atom is -0.481 e. The molecule has 5 heteroatoms. The van der Waals surface area contributed by atoms with Crippen molar-refractivity contribution in [3.8, 4) is 18.1 Å². The van der Waals surface area contributed by atoms with Crippen LogP contribution in [0.4, 0.5) is 5.69 Å². The predicted molar refractivity (Wildman–Crippen MR) is 63.9 cm³/mol. The van der Waals surface area contributed by atoms with Gasteiger partial charge in [0.1, 0.15) is 0 Å². The van der Waals surface area contributed by atoms with Crippen LogP contribution >= 0.6 is 0 Å². The summed E-state index contributed by atoms with van der Waals surface area (Å²) in [6, 6.07) is 5.10. The van der Waals surface area contributed by atoms with Gasteiger partial charge in [0.2, 0.25) is 0 Å². The summed E-state index contributed by atoms with van der Waals surface area (Å²) in [7, 11) is 0. The van der Waals surface area contributed by atoms with Crippen molar-refractivity contribution in [3.63, 3.8) is 0 Å². The maximum atomic E-state index is 11.2. The molecule has 1 N–H and O–H groups in total. The van der Waals surface area contributed by atoms with E-state index in [9.17, 15) is 9.59 Å². The highest BCUT2D eigenvalue weighted by Gasteiger charge is 2.24. The highest BCUT2D eigenvalue weighted by Crippen LogP contribution is 2.36. The van der Waals surface area contributed by atoms with Crippen LogP contribution in [0.25, 0.3) is 0 Å². The molecular weight excluding hydrogens is 234 g/mol. The van der Waals surface area contributed by atoms with Gasteiger partial charge < -0.3 is 14.8 Å².